The van der Waals surface area contributed by atoms with Crippen molar-refractivity contribution in [3.8, 4) is 6.07 Å². The van der Waals surface area contributed by atoms with Gasteiger partial charge in [-0.1, -0.05) is 24.9 Å². The van der Waals surface area contributed by atoms with E-state index in [1.165, 1.54) is 19.3 Å². The zero-order valence-corrected chi connectivity index (χ0v) is 12.4. The molecule has 2 bridgehead atoms. The molecule has 2 aliphatic rings. The first-order valence-corrected chi connectivity index (χ1v) is 7.59. The summed E-state index contributed by atoms with van der Waals surface area (Å²) in [4.78, 5) is 0. The standard InChI is InChI=1S/C15H20ClN3/c1-3-12-14(16)13(19(2)18-12)8-15(9-17)7-10-4-5-11(15)6-10/h10-11H,3-8H2,1-2H3. The van der Waals surface area contributed by atoms with Crippen LogP contribution < -0.4 is 0 Å². The molecular weight excluding hydrogens is 258 g/mol. The van der Waals surface area contributed by atoms with Crippen molar-refractivity contribution in [3.63, 3.8) is 0 Å². The molecule has 3 rings (SSSR count). The molecule has 0 N–H and O–H groups in total. The van der Waals surface area contributed by atoms with Crippen LogP contribution in [0.25, 0.3) is 0 Å². The van der Waals surface area contributed by atoms with Crippen LogP contribution in [-0.4, -0.2) is 9.78 Å². The lowest BCUT2D eigenvalue weighted by Crippen LogP contribution is -2.29. The van der Waals surface area contributed by atoms with Crippen molar-refractivity contribution in [2.45, 2.75) is 45.4 Å². The molecule has 0 aliphatic heterocycles. The van der Waals surface area contributed by atoms with Crippen molar-refractivity contribution in [1.82, 2.24) is 9.78 Å². The summed E-state index contributed by atoms with van der Waals surface area (Å²) in [6.45, 7) is 2.07. The van der Waals surface area contributed by atoms with Crippen LogP contribution >= 0.6 is 11.6 Å². The number of hydrogen-bond donors (Lipinski definition) is 0. The van der Waals surface area contributed by atoms with E-state index in [1.54, 1.807) is 0 Å². The van der Waals surface area contributed by atoms with Gasteiger partial charge in [-0.25, -0.2) is 0 Å². The first-order valence-electron chi connectivity index (χ1n) is 7.21. The van der Waals surface area contributed by atoms with Crippen LogP contribution in [-0.2, 0) is 19.9 Å². The average molecular weight is 278 g/mol. The van der Waals surface area contributed by atoms with Crippen LogP contribution in [0.4, 0.5) is 0 Å². The lowest BCUT2D eigenvalue weighted by molar-refractivity contribution is 0.235. The topological polar surface area (TPSA) is 41.6 Å². The van der Waals surface area contributed by atoms with E-state index in [4.69, 9.17) is 11.6 Å². The summed E-state index contributed by atoms with van der Waals surface area (Å²) in [7, 11) is 1.94. The minimum absolute atomic E-state index is 0.189. The lowest BCUT2D eigenvalue weighted by Gasteiger charge is -2.31. The third kappa shape index (κ3) is 1.89. The number of rotatable bonds is 3. The van der Waals surface area contributed by atoms with Crippen LogP contribution in [0.15, 0.2) is 0 Å². The van der Waals surface area contributed by atoms with Gasteiger partial charge >= 0.3 is 0 Å². The van der Waals surface area contributed by atoms with Crippen molar-refractivity contribution in [1.29, 1.82) is 5.26 Å². The van der Waals surface area contributed by atoms with Gasteiger partial charge in [0.25, 0.3) is 0 Å². The third-order valence-electron chi connectivity index (χ3n) is 5.18. The molecule has 2 saturated carbocycles. The van der Waals surface area contributed by atoms with Gasteiger partial charge in [-0.05, 0) is 37.5 Å². The third-order valence-corrected chi connectivity index (χ3v) is 5.62. The highest BCUT2D eigenvalue weighted by atomic mass is 35.5. The molecule has 3 nitrogen and oxygen atoms in total. The lowest BCUT2D eigenvalue weighted by atomic mass is 9.71. The van der Waals surface area contributed by atoms with Gasteiger partial charge < -0.3 is 0 Å². The molecule has 2 aliphatic carbocycles. The Morgan fingerprint density at radius 1 is 1.53 bits per heavy atom. The van der Waals surface area contributed by atoms with Gasteiger partial charge in [0.1, 0.15) is 0 Å². The Bertz CT molecular complexity index is 542. The van der Waals surface area contributed by atoms with Crippen LogP contribution in [0, 0.1) is 28.6 Å². The zero-order valence-electron chi connectivity index (χ0n) is 11.6. The van der Waals surface area contributed by atoms with Gasteiger partial charge in [0.2, 0.25) is 0 Å². The van der Waals surface area contributed by atoms with Crippen molar-refractivity contribution in [2.24, 2.45) is 24.3 Å². The Morgan fingerprint density at radius 3 is 2.79 bits per heavy atom. The molecule has 0 saturated heterocycles. The largest absolute Gasteiger partial charge is 0.271 e. The number of hydrogen-bond acceptors (Lipinski definition) is 2. The molecule has 19 heavy (non-hydrogen) atoms. The monoisotopic (exact) mass is 277 g/mol. The van der Waals surface area contributed by atoms with Crippen LogP contribution in [0.3, 0.4) is 0 Å². The second-order valence-corrected chi connectivity index (χ2v) is 6.59. The molecule has 1 aromatic heterocycles. The van der Waals surface area contributed by atoms with E-state index in [1.807, 2.05) is 11.7 Å². The van der Waals surface area contributed by atoms with Gasteiger partial charge in [0.15, 0.2) is 0 Å². The Balaban J connectivity index is 1.93. The van der Waals surface area contributed by atoms with E-state index in [2.05, 4.69) is 18.1 Å². The highest BCUT2D eigenvalue weighted by Crippen LogP contribution is 2.57. The minimum atomic E-state index is -0.189. The summed E-state index contributed by atoms with van der Waals surface area (Å²) in [6, 6.07) is 2.64. The van der Waals surface area contributed by atoms with E-state index < -0.39 is 0 Å². The highest BCUT2D eigenvalue weighted by molar-refractivity contribution is 6.31. The molecule has 102 valence electrons. The van der Waals surface area contributed by atoms with Gasteiger partial charge in [0.05, 0.1) is 27.9 Å². The highest BCUT2D eigenvalue weighted by Gasteiger charge is 2.51. The van der Waals surface area contributed by atoms with E-state index in [9.17, 15) is 5.26 Å². The summed E-state index contributed by atoms with van der Waals surface area (Å²) >= 11 is 6.44. The molecule has 2 fully saturated rings. The summed E-state index contributed by atoms with van der Waals surface area (Å²) in [6.07, 6.45) is 6.44. The van der Waals surface area contributed by atoms with Crippen LogP contribution in [0.5, 0.6) is 0 Å². The SMILES string of the molecule is CCc1nn(C)c(CC2(C#N)CC3CCC2C3)c1Cl. The maximum Gasteiger partial charge on any atom is 0.0850 e. The minimum Gasteiger partial charge on any atom is -0.271 e. The fourth-order valence-electron chi connectivity index (χ4n) is 4.15. The summed E-state index contributed by atoms with van der Waals surface area (Å²) in [5, 5.41) is 15.0. The summed E-state index contributed by atoms with van der Waals surface area (Å²) < 4.78 is 1.88. The molecule has 0 amide bonds. The zero-order chi connectivity index (χ0) is 13.6. The molecule has 0 aromatic carbocycles. The molecule has 4 heteroatoms. The molecule has 3 atom stereocenters. The molecule has 1 aromatic rings. The van der Waals surface area contributed by atoms with Gasteiger partial charge in [-0.2, -0.15) is 10.4 Å². The Morgan fingerprint density at radius 2 is 2.32 bits per heavy atom. The second kappa shape index (κ2) is 4.52. The molecular formula is C15H20ClN3. The maximum atomic E-state index is 9.72. The first kappa shape index (κ1) is 13.0. The Labute approximate surface area is 119 Å². The van der Waals surface area contributed by atoms with Crippen molar-refractivity contribution in [2.75, 3.05) is 0 Å². The Kier molecular flexibility index (Phi) is 3.09. The predicted octanol–water partition coefficient (Wildman–Crippen LogP) is 3.51. The summed E-state index contributed by atoms with van der Waals surface area (Å²) in [5.41, 5.74) is 1.81. The van der Waals surface area contributed by atoms with Gasteiger partial charge in [-0.3, -0.25) is 4.68 Å². The average Bonchev–Trinajstić information content (AvgIpc) is 3.07. The smallest absolute Gasteiger partial charge is 0.0850 e. The number of halogens is 1. The number of aryl methyl sites for hydroxylation is 2. The van der Waals surface area contributed by atoms with Crippen molar-refractivity contribution in [3.05, 3.63) is 16.4 Å². The second-order valence-electron chi connectivity index (χ2n) is 6.21. The number of nitriles is 1. The fraction of sp³-hybridized carbons (Fsp3) is 0.733. The van der Waals surface area contributed by atoms with Crippen molar-refractivity contribution < 1.29 is 0 Å². The van der Waals surface area contributed by atoms with Crippen molar-refractivity contribution >= 4 is 11.6 Å². The van der Waals surface area contributed by atoms with E-state index in [0.717, 1.165) is 41.6 Å². The predicted molar refractivity (Wildman–Crippen MR) is 74.8 cm³/mol. The van der Waals surface area contributed by atoms with E-state index in [-0.39, 0.29) is 5.41 Å². The fourth-order valence-corrected chi connectivity index (χ4v) is 4.51. The van der Waals surface area contributed by atoms with Crippen LogP contribution in [0.1, 0.15) is 44.0 Å². The number of aromatic nitrogens is 2. The first-order chi connectivity index (χ1) is 9.09. The van der Waals surface area contributed by atoms with Crippen LogP contribution in [0.2, 0.25) is 5.02 Å². The maximum absolute atomic E-state index is 9.72. The quantitative estimate of drug-likeness (QED) is 0.848. The molecule has 0 spiro atoms. The van der Waals surface area contributed by atoms with Gasteiger partial charge in [-0.15, -0.1) is 0 Å². The molecule has 1 heterocycles. The summed E-state index contributed by atoms with van der Waals surface area (Å²) in [5.74, 6) is 1.33. The van der Waals surface area contributed by atoms with E-state index >= 15 is 0 Å². The number of nitrogens with zero attached hydrogens (tertiary/aromatic N) is 3. The van der Waals surface area contributed by atoms with Gasteiger partial charge in [0, 0.05) is 13.5 Å². The normalized spacial score (nSPS) is 32.7. The van der Waals surface area contributed by atoms with E-state index in [0.29, 0.717) is 5.92 Å². The number of fused-ring (bicyclic) bond motifs is 2. The molecule has 3 unspecified atom stereocenters. The molecule has 0 radical (unpaired) electrons. The Hall–Kier alpha value is -1.01.